The van der Waals surface area contributed by atoms with Crippen molar-refractivity contribution >= 4 is 0 Å². The van der Waals surface area contributed by atoms with E-state index in [0.29, 0.717) is 23.8 Å². The summed E-state index contributed by atoms with van der Waals surface area (Å²) in [7, 11) is 0. The molecule has 1 heterocycles. The summed E-state index contributed by atoms with van der Waals surface area (Å²) in [5.41, 5.74) is -0.246. The van der Waals surface area contributed by atoms with Gasteiger partial charge in [0.25, 0.3) is 0 Å². The maximum absolute atomic E-state index is 13.0. The molecule has 0 amide bonds. The van der Waals surface area contributed by atoms with Crippen LogP contribution in [0, 0.1) is 17.2 Å². The zero-order valence-corrected chi connectivity index (χ0v) is 10.4. The first-order valence-corrected chi connectivity index (χ1v) is 6.44. The molecule has 1 saturated heterocycles. The summed E-state index contributed by atoms with van der Waals surface area (Å²) in [6, 6.07) is 3.00. The van der Waals surface area contributed by atoms with Gasteiger partial charge in [-0.3, -0.25) is 0 Å². The van der Waals surface area contributed by atoms with Crippen molar-refractivity contribution in [1.82, 2.24) is 5.32 Å². The van der Waals surface area contributed by atoms with Gasteiger partial charge in [-0.1, -0.05) is 6.07 Å². The molecule has 0 radical (unpaired) electrons. The Kier molecular flexibility index (Phi) is 2.85. The minimum Gasteiger partial charge on any atom is -0.316 e. The molecule has 19 heavy (non-hydrogen) atoms. The van der Waals surface area contributed by atoms with Crippen molar-refractivity contribution in [3.63, 3.8) is 0 Å². The third-order valence-electron chi connectivity index (χ3n) is 4.33. The number of hydrogen-bond donors (Lipinski definition) is 1. The smallest absolute Gasteiger partial charge is 0.316 e. The Balaban J connectivity index is 1.74. The van der Waals surface area contributed by atoms with Gasteiger partial charge in [0.2, 0.25) is 0 Å². The lowest BCUT2D eigenvalue weighted by atomic mass is 9.57. The molecule has 1 aliphatic heterocycles. The van der Waals surface area contributed by atoms with Gasteiger partial charge in [0.15, 0.2) is 0 Å². The van der Waals surface area contributed by atoms with E-state index in [4.69, 9.17) is 0 Å². The molecule has 3 rings (SSSR count). The van der Waals surface area contributed by atoms with Crippen molar-refractivity contribution in [2.75, 3.05) is 13.1 Å². The normalized spacial score (nSPS) is 22.1. The van der Waals surface area contributed by atoms with E-state index in [-0.39, 0.29) is 5.56 Å². The van der Waals surface area contributed by atoms with Crippen LogP contribution in [0.25, 0.3) is 0 Å². The lowest BCUT2D eigenvalue weighted by Gasteiger charge is -2.54. The Labute approximate surface area is 109 Å². The molecular weight excluding hydrogens is 258 g/mol. The fraction of sp³-hybridized carbons (Fsp3) is 0.571. The third kappa shape index (κ3) is 2.36. The monoisotopic (exact) mass is 273 g/mol. The van der Waals surface area contributed by atoms with E-state index in [1.807, 2.05) is 0 Å². The van der Waals surface area contributed by atoms with Crippen LogP contribution in [0.3, 0.4) is 0 Å². The molecular formula is C14H15F4N. The molecule has 1 N–H and O–H groups in total. The second-order valence-electron chi connectivity index (χ2n) is 5.88. The maximum atomic E-state index is 13.0. The summed E-state index contributed by atoms with van der Waals surface area (Å²) in [6.45, 7) is 1.97. The summed E-state index contributed by atoms with van der Waals surface area (Å²) in [4.78, 5) is 0. The van der Waals surface area contributed by atoms with Crippen LogP contribution in [-0.4, -0.2) is 13.1 Å². The topological polar surface area (TPSA) is 12.0 Å². The number of benzene rings is 1. The summed E-state index contributed by atoms with van der Waals surface area (Å²) in [5, 5.41) is 3.20. The number of halogens is 4. The van der Waals surface area contributed by atoms with Crippen LogP contribution < -0.4 is 5.32 Å². The predicted octanol–water partition coefficient (Wildman–Crippen LogP) is 3.39. The Hall–Kier alpha value is -1.10. The fourth-order valence-electron chi connectivity index (χ4n) is 3.38. The van der Waals surface area contributed by atoms with Crippen molar-refractivity contribution in [3.8, 4) is 0 Å². The zero-order chi connectivity index (χ0) is 13.7. The molecule has 2 fully saturated rings. The maximum Gasteiger partial charge on any atom is 0.416 e. The number of nitrogens with one attached hydrogen (secondary N) is 1. The highest BCUT2D eigenvalue weighted by Gasteiger charge is 2.48. The van der Waals surface area contributed by atoms with Gasteiger partial charge < -0.3 is 5.32 Å². The molecule has 0 aromatic heterocycles. The number of hydrogen-bond acceptors (Lipinski definition) is 1. The zero-order valence-electron chi connectivity index (χ0n) is 10.4. The fourth-order valence-corrected chi connectivity index (χ4v) is 3.38. The van der Waals surface area contributed by atoms with Crippen LogP contribution in [-0.2, 0) is 12.6 Å². The summed E-state index contributed by atoms with van der Waals surface area (Å²) in [5.74, 6) is -0.530. The average Bonchev–Trinajstić information content (AvgIpc) is 2.20. The Morgan fingerprint density at radius 2 is 1.89 bits per heavy atom. The lowest BCUT2D eigenvalue weighted by molar-refractivity contribution is -0.138. The Morgan fingerprint density at radius 3 is 2.42 bits per heavy atom. The van der Waals surface area contributed by atoms with Crippen molar-refractivity contribution in [3.05, 3.63) is 35.1 Å². The summed E-state index contributed by atoms with van der Waals surface area (Å²) in [6.07, 6.45) is -2.11. The number of rotatable bonds is 2. The quantitative estimate of drug-likeness (QED) is 0.814. The summed E-state index contributed by atoms with van der Waals surface area (Å²) < 4.78 is 51.5. The molecule has 1 aromatic carbocycles. The van der Waals surface area contributed by atoms with Crippen molar-refractivity contribution in [2.24, 2.45) is 11.3 Å². The predicted molar refractivity (Wildman–Crippen MR) is 63.1 cm³/mol. The van der Waals surface area contributed by atoms with Gasteiger partial charge in [0, 0.05) is 13.1 Å². The first-order chi connectivity index (χ1) is 8.88. The number of alkyl halides is 3. The standard InChI is InChI=1S/C14H15F4N/c15-11-2-1-10(12(4-11)14(16,17)18)3-9-5-13(6-9)7-19-8-13/h1-2,4,9,19H,3,5-8H2. The van der Waals surface area contributed by atoms with E-state index in [9.17, 15) is 17.6 Å². The van der Waals surface area contributed by atoms with Gasteiger partial charge in [-0.15, -0.1) is 0 Å². The minimum absolute atomic E-state index is 0.223. The molecule has 1 nitrogen and oxygen atoms in total. The molecule has 1 aliphatic carbocycles. The molecule has 1 aromatic rings. The van der Waals surface area contributed by atoms with Crippen molar-refractivity contribution in [1.29, 1.82) is 0 Å². The SMILES string of the molecule is Fc1ccc(CC2CC3(CNC3)C2)c(C(F)(F)F)c1. The molecule has 1 saturated carbocycles. The summed E-state index contributed by atoms with van der Waals surface area (Å²) >= 11 is 0. The first-order valence-electron chi connectivity index (χ1n) is 6.44. The van der Waals surface area contributed by atoms with Gasteiger partial charge in [-0.2, -0.15) is 13.2 Å². The van der Waals surface area contributed by atoms with E-state index in [1.165, 1.54) is 6.07 Å². The lowest BCUT2D eigenvalue weighted by Crippen LogP contribution is -2.60. The third-order valence-corrected chi connectivity index (χ3v) is 4.33. The first kappa shape index (κ1) is 12.9. The van der Waals surface area contributed by atoms with Crippen LogP contribution in [0.2, 0.25) is 0 Å². The van der Waals surface area contributed by atoms with Crippen molar-refractivity contribution < 1.29 is 17.6 Å². The van der Waals surface area contributed by atoms with Crippen LogP contribution in [0.5, 0.6) is 0 Å². The highest BCUT2D eigenvalue weighted by atomic mass is 19.4. The molecule has 0 bridgehead atoms. The Morgan fingerprint density at radius 1 is 1.21 bits per heavy atom. The molecule has 0 atom stereocenters. The van der Waals surface area contributed by atoms with E-state index in [0.717, 1.165) is 32.0 Å². The van der Waals surface area contributed by atoms with Crippen LogP contribution in [0.1, 0.15) is 24.0 Å². The largest absolute Gasteiger partial charge is 0.416 e. The van der Waals surface area contributed by atoms with Crippen LogP contribution in [0.15, 0.2) is 18.2 Å². The second-order valence-corrected chi connectivity index (χ2v) is 5.88. The highest BCUT2D eigenvalue weighted by Crippen LogP contribution is 2.50. The van der Waals surface area contributed by atoms with E-state index in [1.54, 1.807) is 0 Å². The van der Waals surface area contributed by atoms with Gasteiger partial charge in [-0.25, -0.2) is 4.39 Å². The van der Waals surface area contributed by atoms with Crippen LogP contribution >= 0.6 is 0 Å². The highest BCUT2D eigenvalue weighted by molar-refractivity contribution is 5.31. The van der Waals surface area contributed by atoms with Crippen molar-refractivity contribution in [2.45, 2.75) is 25.4 Å². The second kappa shape index (κ2) is 4.20. The van der Waals surface area contributed by atoms with Crippen LogP contribution in [0.4, 0.5) is 17.6 Å². The van der Waals surface area contributed by atoms with Gasteiger partial charge >= 0.3 is 6.18 Å². The molecule has 2 aliphatic rings. The van der Waals surface area contributed by atoms with E-state index < -0.39 is 17.6 Å². The van der Waals surface area contributed by atoms with Gasteiger partial charge in [0.1, 0.15) is 5.82 Å². The van der Waals surface area contributed by atoms with Gasteiger partial charge in [0.05, 0.1) is 5.56 Å². The van der Waals surface area contributed by atoms with Gasteiger partial charge in [-0.05, 0) is 48.3 Å². The van der Waals surface area contributed by atoms with E-state index >= 15 is 0 Å². The molecule has 104 valence electrons. The molecule has 1 spiro atoms. The average molecular weight is 273 g/mol. The molecule has 0 unspecified atom stereocenters. The minimum atomic E-state index is -4.48. The Bertz CT molecular complexity index is 483. The molecule has 5 heteroatoms. The van der Waals surface area contributed by atoms with E-state index in [2.05, 4.69) is 5.32 Å².